The molecule has 6 nitrogen and oxygen atoms in total. The fraction of sp³-hybridized carbons (Fsp3) is 0.611. The molecule has 7 heteroatoms. The van der Waals surface area contributed by atoms with Gasteiger partial charge in [0.05, 0.1) is 10.2 Å². The van der Waals surface area contributed by atoms with Crippen LogP contribution in [0.3, 0.4) is 0 Å². The van der Waals surface area contributed by atoms with Gasteiger partial charge in [-0.15, -0.1) is 11.3 Å². The lowest BCUT2D eigenvalue weighted by molar-refractivity contribution is -0.141. The largest absolute Gasteiger partial charge is 0.481 e. The van der Waals surface area contributed by atoms with Gasteiger partial charge < -0.3 is 14.9 Å². The molecule has 132 valence electrons. The van der Waals surface area contributed by atoms with Crippen molar-refractivity contribution in [3.8, 4) is 0 Å². The molecule has 0 spiro atoms. The molecule has 1 N–H and O–H groups in total. The molecule has 1 aliphatic carbocycles. The summed E-state index contributed by atoms with van der Waals surface area (Å²) in [5.41, 5.74) is 1.03. The highest BCUT2D eigenvalue weighted by Gasteiger charge is 2.48. The van der Waals surface area contributed by atoms with Gasteiger partial charge in [-0.25, -0.2) is 4.98 Å². The van der Waals surface area contributed by atoms with Gasteiger partial charge in [0.1, 0.15) is 0 Å². The van der Waals surface area contributed by atoms with E-state index in [0.29, 0.717) is 30.2 Å². The normalized spacial score (nSPS) is 30.9. The lowest BCUT2D eigenvalue weighted by atomic mass is 9.60. The molecule has 0 radical (unpaired) electrons. The average Bonchev–Trinajstić information content (AvgIpc) is 3.06. The number of hydrogen-bond donors (Lipinski definition) is 1. The summed E-state index contributed by atoms with van der Waals surface area (Å²) in [7, 11) is 0. The van der Waals surface area contributed by atoms with Crippen molar-refractivity contribution in [2.24, 2.45) is 17.8 Å². The molecule has 2 aromatic heterocycles. The molecular formula is C18H22N4O2S. The molecule has 25 heavy (non-hydrogen) atoms. The fourth-order valence-electron chi connectivity index (χ4n) is 4.69. The van der Waals surface area contributed by atoms with Crippen LogP contribution in [0, 0.1) is 17.8 Å². The summed E-state index contributed by atoms with van der Waals surface area (Å²) >= 11 is 1.70. The molecule has 3 saturated heterocycles. The lowest BCUT2D eigenvalue weighted by Gasteiger charge is -2.53. The van der Waals surface area contributed by atoms with Gasteiger partial charge in [-0.3, -0.25) is 4.79 Å². The molecule has 1 saturated carbocycles. The van der Waals surface area contributed by atoms with E-state index in [9.17, 15) is 4.79 Å². The third-order valence-corrected chi connectivity index (χ3v) is 7.19. The highest BCUT2D eigenvalue weighted by Crippen LogP contribution is 2.49. The minimum absolute atomic E-state index is 0.317. The highest BCUT2D eigenvalue weighted by molar-refractivity contribution is 7.17. The molecule has 2 aromatic rings. The zero-order chi connectivity index (χ0) is 17.1. The SMILES string of the molecule is C[C@H]1CCN1c1nc(N2CC3CC(C2)C3CC(=O)O)c2sccc2n1. The van der Waals surface area contributed by atoms with Crippen molar-refractivity contribution < 1.29 is 9.90 Å². The third-order valence-electron chi connectivity index (χ3n) is 6.29. The number of aliphatic carboxylic acids is 1. The number of carboxylic acid groups (broad SMARTS) is 1. The Morgan fingerprint density at radius 3 is 2.80 bits per heavy atom. The molecule has 4 aliphatic rings. The van der Waals surface area contributed by atoms with Crippen LogP contribution in [0.15, 0.2) is 11.4 Å². The van der Waals surface area contributed by atoms with E-state index in [1.165, 1.54) is 12.8 Å². The minimum Gasteiger partial charge on any atom is -0.481 e. The first kappa shape index (κ1) is 15.4. The number of fused-ring (bicyclic) bond motifs is 3. The number of nitrogens with zero attached hydrogens (tertiary/aromatic N) is 4. The standard InChI is InChI=1S/C18H22N4O2S/c1-10-2-4-22(10)18-19-14-3-5-25-16(14)17(20-18)21-8-11-6-12(9-21)13(11)7-15(23)24/h3,5,10-13H,2,4,6-9H2,1H3,(H,23,24)/t10-,11?,12?,13?/m0/s1. The van der Waals surface area contributed by atoms with Crippen molar-refractivity contribution in [1.29, 1.82) is 0 Å². The van der Waals surface area contributed by atoms with Crippen LogP contribution >= 0.6 is 11.3 Å². The fourth-order valence-corrected chi connectivity index (χ4v) is 5.54. The molecule has 0 aromatic carbocycles. The molecule has 6 rings (SSSR count). The Bertz CT molecular complexity index is 826. The smallest absolute Gasteiger partial charge is 0.303 e. The molecule has 5 heterocycles. The summed E-state index contributed by atoms with van der Waals surface area (Å²) in [4.78, 5) is 25.4. The molecule has 3 aliphatic heterocycles. The Morgan fingerprint density at radius 1 is 1.36 bits per heavy atom. The number of piperidine rings is 2. The highest BCUT2D eigenvalue weighted by atomic mass is 32.1. The van der Waals surface area contributed by atoms with Crippen molar-refractivity contribution in [3.05, 3.63) is 11.4 Å². The van der Waals surface area contributed by atoms with Crippen LogP contribution in [0.25, 0.3) is 10.2 Å². The molecule has 4 fully saturated rings. The maximum atomic E-state index is 11.1. The van der Waals surface area contributed by atoms with Crippen LogP contribution < -0.4 is 9.80 Å². The second kappa shape index (κ2) is 5.56. The van der Waals surface area contributed by atoms with Crippen LogP contribution in [-0.2, 0) is 4.79 Å². The van der Waals surface area contributed by atoms with E-state index in [4.69, 9.17) is 15.1 Å². The van der Waals surface area contributed by atoms with Gasteiger partial charge in [0.15, 0.2) is 5.82 Å². The number of carboxylic acids is 1. The molecule has 2 unspecified atom stereocenters. The summed E-state index contributed by atoms with van der Waals surface area (Å²) < 4.78 is 1.16. The van der Waals surface area contributed by atoms with Gasteiger partial charge in [-0.2, -0.15) is 4.98 Å². The van der Waals surface area contributed by atoms with Crippen molar-refractivity contribution in [2.45, 2.75) is 32.2 Å². The van der Waals surface area contributed by atoms with E-state index in [-0.39, 0.29) is 0 Å². The van der Waals surface area contributed by atoms with Gasteiger partial charge >= 0.3 is 5.97 Å². The predicted octanol–water partition coefficient (Wildman–Crippen LogP) is 2.84. The van der Waals surface area contributed by atoms with Crippen LogP contribution in [0.1, 0.15) is 26.2 Å². The number of thiophene rings is 1. The van der Waals surface area contributed by atoms with E-state index in [0.717, 1.165) is 41.6 Å². The Balaban J connectivity index is 1.45. The number of hydrogen-bond acceptors (Lipinski definition) is 6. The monoisotopic (exact) mass is 358 g/mol. The Labute approximate surface area is 150 Å². The van der Waals surface area contributed by atoms with E-state index in [1.54, 1.807) is 11.3 Å². The molecule has 0 amide bonds. The summed E-state index contributed by atoms with van der Waals surface area (Å²) in [5.74, 6) is 2.57. The Hall–Kier alpha value is -1.89. The number of aromatic nitrogens is 2. The maximum Gasteiger partial charge on any atom is 0.303 e. The van der Waals surface area contributed by atoms with E-state index < -0.39 is 5.97 Å². The summed E-state index contributed by atoms with van der Waals surface area (Å²) in [6, 6.07) is 2.59. The van der Waals surface area contributed by atoms with E-state index in [1.807, 2.05) is 0 Å². The van der Waals surface area contributed by atoms with E-state index in [2.05, 4.69) is 28.2 Å². The summed E-state index contributed by atoms with van der Waals surface area (Å²) in [6.07, 6.45) is 2.69. The van der Waals surface area contributed by atoms with Gasteiger partial charge in [0.25, 0.3) is 0 Å². The lowest BCUT2D eigenvalue weighted by Crippen LogP contribution is -2.56. The van der Waals surface area contributed by atoms with Gasteiger partial charge in [-0.1, -0.05) is 0 Å². The van der Waals surface area contributed by atoms with Gasteiger partial charge in [0.2, 0.25) is 5.95 Å². The Kier molecular flexibility index (Phi) is 3.42. The van der Waals surface area contributed by atoms with Crippen LogP contribution in [0.4, 0.5) is 11.8 Å². The topological polar surface area (TPSA) is 69.6 Å². The first-order valence-electron chi connectivity index (χ1n) is 9.09. The second-order valence-electron chi connectivity index (χ2n) is 7.74. The first-order chi connectivity index (χ1) is 12.1. The Morgan fingerprint density at radius 2 is 2.16 bits per heavy atom. The summed E-state index contributed by atoms with van der Waals surface area (Å²) in [5, 5.41) is 11.2. The van der Waals surface area contributed by atoms with Gasteiger partial charge in [-0.05, 0) is 49.0 Å². The second-order valence-corrected chi connectivity index (χ2v) is 8.65. The van der Waals surface area contributed by atoms with Crippen molar-refractivity contribution in [3.63, 3.8) is 0 Å². The number of carbonyl (C=O) groups is 1. The van der Waals surface area contributed by atoms with Crippen molar-refractivity contribution >= 4 is 39.3 Å². The van der Waals surface area contributed by atoms with Crippen LogP contribution in [0.5, 0.6) is 0 Å². The minimum atomic E-state index is -0.662. The van der Waals surface area contributed by atoms with Crippen molar-refractivity contribution in [1.82, 2.24) is 9.97 Å². The summed E-state index contributed by atoms with van der Waals surface area (Å²) in [6.45, 7) is 5.10. The molecule has 2 bridgehead atoms. The van der Waals surface area contributed by atoms with Crippen LogP contribution in [0.2, 0.25) is 0 Å². The zero-order valence-electron chi connectivity index (χ0n) is 14.3. The van der Waals surface area contributed by atoms with Crippen LogP contribution in [-0.4, -0.2) is 46.7 Å². The molecule has 3 atom stereocenters. The maximum absolute atomic E-state index is 11.1. The van der Waals surface area contributed by atoms with Crippen molar-refractivity contribution in [2.75, 3.05) is 29.4 Å². The molecular weight excluding hydrogens is 336 g/mol. The predicted molar refractivity (Wildman–Crippen MR) is 98.4 cm³/mol. The quantitative estimate of drug-likeness (QED) is 0.906. The van der Waals surface area contributed by atoms with E-state index >= 15 is 0 Å². The zero-order valence-corrected chi connectivity index (χ0v) is 15.1. The number of rotatable bonds is 4. The average molecular weight is 358 g/mol. The first-order valence-corrected chi connectivity index (χ1v) is 9.96. The number of anilines is 2. The third kappa shape index (κ3) is 2.39. The van der Waals surface area contributed by atoms with Gasteiger partial charge in [0, 0.05) is 32.1 Å².